The van der Waals surface area contributed by atoms with E-state index in [1.165, 1.54) is 37.1 Å². The third-order valence-electron chi connectivity index (χ3n) is 5.19. The van der Waals surface area contributed by atoms with E-state index < -0.39 is 18.4 Å². The minimum Gasteiger partial charge on any atom is -0.495 e. The maximum absolute atomic E-state index is 13.0. The van der Waals surface area contributed by atoms with Crippen LogP contribution in [0.5, 0.6) is 11.5 Å². The van der Waals surface area contributed by atoms with E-state index in [0.29, 0.717) is 36.5 Å². The molecule has 1 aliphatic heterocycles. The molecule has 2 aromatic carbocycles. The van der Waals surface area contributed by atoms with Gasteiger partial charge in [-0.2, -0.15) is 8.78 Å². The molecule has 0 saturated carbocycles. The van der Waals surface area contributed by atoms with E-state index in [1.54, 1.807) is 24.3 Å². The number of methoxy groups -OCH3 is 1. The second-order valence-electron chi connectivity index (χ2n) is 7.55. The monoisotopic (exact) mass is 461 g/mol. The highest BCUT2D eigenvalue weighted by molar-refractivity contribution is 5.99. The van der Waals surface area contributed by atoms with Crippen LogP contribution in [0.15, 0.2) is 42.5 Å². The summed E-state index contributed by atoms with van der Waals surface area (Å²) >= 11 is 0. The van der Waals surface area contributed by atoms with Gasteiger partial charge < -0.3 is 25.0 Å². The number of alkyl halides is 2. The number of hydrogen-bond donors (Lipinski definition) is 2. The van der Waals surface area contributed by atoms with Crippen LogP contribution >= 0.6 is 0 Å². The molecular weight excluding hydrogens is 436 g/mol. The molecule has 3 rings (SSSR count). The SMILES string of the molecule is COc1ccc(NC(C)=O)cc1NC(=O)C1CCCN(C(=O)c2ccccc2OC(F)F)C1. The number of carbonyl (C=O) groups is 3. The third-order valence-corrected chi connectivity index (χ3v) is 5.19. The number of rotatable bonds is 7. The Kier molecular flexibility index (Phi) is 7.81. The van der Waals surface area contributed by atoms with Crippen LogP contribution in [0.3, 0.4) is 0 Å². The summed E-state index contributed by atoms with van der Waals surface area (Å²) in [6, 6.07) is 10.6. The molecule has 1 aliphatic rings. The van der Waals surface area contributed by atoms with Crippen LogP contribution in [0, 0.1) is 5.92 Å². The molecule has 1 atom stereocenters. The molecule has 1 fully saturated rings. The molecule has 33 heavy (non-hydrogen) atoms. The lowest BCUT2D eigenvalue weighted by atomic mass is 9.96. The van der Waals surface area contributed by atoms with Crippen molar-refractivity contribution in [3.63, 3.8) is 0 Å². The van der Waals surface area contributed by atoms with Gasteiger partial charge in [0.1, 0.15) is 11.5 Å². The minimum absolute atomic E-state index is 0.0172. The first-order valence-electron chi connectivity index (χ1n) is 10.4. The van der Waals surface area contributed by atoms with Crippen molar-refractivity contribution >= 4 is 29.1 Å². The molecule has 0 bridgehead atoms. The van der Waals surface area contributed by atoms with Gasteiger partial charge in [-0.1, -0.05) is 12.1 Å². The second kappa shape index (κ2) is 10.8. The molecule has 176 valence electrons. The summed E-state index contributed by atoms with van der Waals surface area (Å²) in [6.07, 6.45) is 1.13. The molecule has 1 heterocycles. The largest absolute Gasteiger partial charge is 0.495 e. The topological polar surface area (TPSA) is 97.0 Å². The van der Waals surface area contributed by atoms with E-state index >= 15 is 0 Å². The maximum atomic E-state index is 13.0. The fourth-order valence-electron chi connectivity index (χ4n) is 3.71. The molecule has 0 aromatic heterocycles. The lowest BCUT2D eigenvalue weighted by Crippen LogP contribution is -2.44. The lowest BCUT2D eigenvalue weighted by molar-refractivity contribution is -0.121. The number of ether oxygens (including phenoxy) is 2. The molecule has 0 aliphatic carbocycles. The van der Waals surface area contributed by atoms with Gasteiger partial charge in [-0.25, -0.2) is 0 Å². The first kappa shape index (κ1) is 24.0. The number of nitrogens with zero attached hydrogens (tertiary/aromatic N) is 1. The number of nitrogens with one attached hydrogen (secondary N) is 2. The normalized spacial score (nSPS) is 15.7. The molecule has 1 saturated heterocycles. The number of benzene rings is 2. The van der Waals surface area contributed by atoms with Crippen molar-refractivity contribution in [1.29, 1.82) is 0 Å². The number of piperidine rings is 1. The van der Waals surface area contributed by atoms with Gasteiger partial charge in [0.15, 0.2) is 0 Å². The van der Waals surface area contributed by atoms with Gasteiger partial charge in [-0.15, -0.1) is 0 Å². The summed E-state index contributed by atoms with van der Waals surface area (Å²) in [4.78, 5) is 38.8. The zero-order chi connectivity index (χ0) is 24.0. The van der Waals surface area contributed by atoms with E-state index in [2.05, 4.69) is 15.4 Å². The van der Waals surface area contributed by atoms with Crippen LogP contribution in [-0.4, -0.2) is 49.4 Å². The maximum Gasteiger partial charge on any atom is 0.387 e. The Balaban J connectivity index is 1.73. The number of para-hydroxylation sites is 1. The highest BCUT2D eigenvalue weighted by Crippen LogP contribution is 2.30. The first-order valence-corrected chi connectivity index (χ1v) is 10.4. The Morgan fingerprint density at radius 1 is 1.09 bits per heavy atom. The van der Waals surface area contributed by atoms with Crippen molar-refractivity contribution in [2.45, 2.75) is 26.4 Å². The van der Waals surface area contributed by atoms with E-state index in [1.807, 2.05) is 0 Å². The standard InChI is InChI=1S/C23H25F2N3O5/c1-14(29)26-16-9-10-20(32-2)18(12-16)27-21(30)15-6-5-11-28(13-15)22(31)17-7-3-4-8-19(17)33-23(24)25/h3-4,7-10,12,15,23H,5-6,11,13H2,1-2H3,(H,26,29)(H,27,30). The lowest BCUT2D eigenvalue weighted by Gasteiger charge is -2.32. The fourth-order valence-corrected chi connectivity index (χ4v) is 3.71. The number of carbonyl (C=O) groups excluding carboxylic acids is 3. The average Bonchev–Trinajstić information content (AvgIpc) is 2.78. The van der Waals surface area contributed by atoms with Gasteiger partial charge >= 0.3 is 6.61 Å². The molecule has 8 nitrogen and oxygen atoms in total. The van der Waals surface area contributed by atoms with Crippen molar-refractivity contribution in [2.75, 3.05) is 30.8 Å². The number of likely N-dealkylation sites (tertiary alicyclic amines) is 1. The summed E-state index contributed by atoms with van der Waals surface area (Å²) < 4.78 is 35.2. The van der Waals surface area contributed by atoms with Crippen molar-refractivity contribution in [3.8, 4) is 11.5 Å². The van der Waals surface area contributed by atoms with Gasteiger partial charge in [-0.3, -0.25) is 14.4 Å². The van der Waals surface area contributed by atoms with E-state index in [4.69, 9.17) is 4.74 Å². The van der Waals surface area contributed by atoms with Crippen molar-refractivity contribution in [3.05, 3.63) is 48.0 Å². The molecule has 2 aromatic rings. The first-order chi connectivity index (χ1) is 15.8. The summed E-state index contributed by atoms with van der Waals surface area (Å²) in [5, 5.41) is 5.45. The van der Waals surface area contributed by atoms with Gasteiger partial charge in [0.05, 0.1) is 24.3 Å². The third kappa shape index (κ3) is 6.18. The van der Waals surface area contributed by atoms with E-state index in [-0.39, 0.29) is 29.7 Å². The average molecular weight is 461 g/mol. The second-order valence-corrected chi connectivity index (χ2v) is 7.55. The Morgan fingerprint density at radius 3 is 2.55 bits per heavy atom. The number of hydrogen-bond acceptors (Lipinski definition) is 5. The zero-order valence-electron chi connectivity index (χ0n) is 18.3. The summed E-state index contributed by atoms with van der Waals surface area (Å²) in [5.41, 5.74) is 0.895. The molecule has 0 radical (unpaired) electrons. The van der Waals surface area contributed by atoms with Crippen LogP contribution in [0.25, 0.3) is 0 Å². The molecule has 2 N–H and O–H groups in total. The highest BCUT2D eigenvalue weighted by atomic mass is 19.3. The van der Waals surface area contributed by atoms with Crippen LogP contribution in [0.1, 0.15) is 30.1 Å². The van der Waals surface area contributed by atoms with Crippen LogP contribution < -0.4 is 20.1 Å². The molecule has 3 amide bonds. The van der Waals surface area contributed by atoms with Crippen LogP contribution in [0.2, 0.25) is 0 Å². The predicted molar refractivity (Wildman–Crippen MR) is 118 cm³/mol. The smallest absolute Gasteiger partial charge is 0.387 e. The predicted octanol–water partition coefficient (Wildman–Crippen LogP) is 3.75. The van der Waals surface area contributed by atoms with E-state index in [0.717, 1.165) is 0 Å². The molecule has 0 spiro atoms. The zero-order valence-corrected chi connectivity index (χ0v) is 18.3. The van der Waals surface area contributed by atoms with Gasteiger partial charge in [-0.05, 0) is 43.2 Å². The number of amides is 3. The molecule has 10 heteroatoms. The number of anilines is 2. The Bertz CT molecular complexity index is 1030. The fraction of sp³-hybridized carbons (Fsp3) is 0.348. The summed E-state index contributed by atoms with van der Waals surface area (Å²) in [6.45, 7) is -1.16. The van der Waals surface area contributed by atoms with Crippen LogP contribution in [0.4, 0.5) is 20.2 Å². The Labute approximate surface area is 189 Å². The molecule has 1 unspecified atom stereocenters. The summed E-state index contributed by atoms with van der Waals surface area (Å²) in [7, 11) is 1.46. The Hall–Kier alpha value is -3.69. The minimum atomic E-state index is -3.05. The van der Waals surface area contributed by atoms with Gasteiger partial charge in [0.25, 0.3) is 5.91 Å². The number of halogens is 2. The Morgan fingerprint density at radius 2 is 1.85 bits per heavy atom. The van der Waals surface area contributed by atoms with Gasteiger partial charge in [0.2, 0.25) is 11.8 Å². The highest BCUT2D eigenvalue weighted by Gasteiger charge is 2.30. The van der Waals surface area contributed by atoms with Crippen LogP contribution in [-0.2, 0) is 9.59 Å². The van der Waals surface area contributed by atoms with Crippen molar-refractivity contribution in [1.82, 2.24) is 4.90 Å². The quantitative estimate of drug-likeness (QED) is 0.655. The van der Waals surface area contributed by atoms with Crippen molar-refractivity contribution < 1.29 is 32.6 Å². The van der Waals surface area contributed by atoms with E-state index in [9.17, 15) is 23.2 Å². The van der Waals surface area contributed by atoms with Gasteiger partial charge in [0, 0.05) is 25.7 Å². The molecular formula is C23H25F2N3O5. The summed E-state index contributed by atoms with van der Waals surface area (Å²) in [5.74, 6) is -1.35. The van der Waals surface area contributed by atoms with Crippen molar-refractivity contribution in [2.24, 2.45) is 5.92 Å².